The smallest absolute Gasteiger partial charge is 0.251 e. The zero-order chi connectivity index (χ0) is 18.3. The minimum Gasteiger partial charge on any atom is -0.346 e. The average molecular weight is 390 g/mol. The molecule has 1 saturated carbocycles. The van der Waals surface area contributed by atoms with Crippen molar-refractivity contribution in [3.8, 4) is 0 Å². The van der Waals surface area contributed by atoms with E-state index in [0.717, 1.165) is 29.1 Å². The monoisotopic (exact) mass is 390 g/mol. The Morgan fingerprint density at radius 1 is 1.38 bits per heavy atom. The molecule has 26 heavy (non-hydrogen) atoms. The summed E-state index contributed by atoms with van der Waals surface area (Å²) >= 11 is 1.52. The standard InChI is InChI=1S/C17H18N4O3S2/c1-11-2-5-14(26(23,24)20-12-3-4-12)8-15(11)16(22)18-9-13-10-21-6-7-25-17(21)19-13/h2,5-8,10,12,20H,3-4,9H2,1H3,(H,18,22). The lowest BCUT2D eigenvalue weighted by Gasteiger charge is -2.10. The first-order valence-corrected chi connectivity index (χ1v) is 10.6. The van der Waals surface area contributed by atoms with Crippen LogP contribution in [-0.4, -0.2) is 29.8 Å². The first-order valence-electron chi connectivity index (χ1n) is 8.25. The molecule has 2 aromatic heterocycles. The summed E-state index contributed by atoms with van der Waals surface area (Å²) in [4.78, 5) is 17.9. The summed E-state index contributed by atoms with van der Waals surface area (Å²) in [6.07, 6.45) is 5.49. The molecule has 3 aromatic rings. The molecular formula is C17H18N4O3S2. The van der Waals surface area contributed by atoms with Crippen LogP contribution in [0, 0.1) is 6.92 Å². The third-order valence-electron chi connectivity index (χ3n) is 4.24. The van der Waals surface area contributed by atoms with Crippen molar-refractivity contribution >= 4 is 32.2 Å². The van der Waals surface area contributed by atoms with E-state index in [1.54, 1.807) is 13.0 Å². The number of amides is 1. The summed E-state index contributed by atoms with van der Waals surface area (Å²) in [7, 11) is -3.59. The van der Waals surface area contributed by atoms with Crippen LogP contribution in [0.2, 0.25) is 0 Å². The predicted octanol–water partition coefficient (Wildman–Crippen LogP) is 2.07. The average Bonchev–Trinajstić information content (AvgIpc) is 3.14. The van der Waals surface area contributed by atoms with Crippen LogP contribution >= 0.6 is 11.3 Å². The Morgan fingerprint density at radius 3 is 2.92 bits per heavy atom. The number of rotatable bonds is 6. The predicted molar refractivity (Wildman–Crippen MR) is 98.8 cm³/mol. The second-order valence-electron chi connectivity index (χ2n) is 6.38. The van der Waals surface area contributed by atoms with Gasteiger partial charge in [-0.1, -0.05) is 6.07 Å². The Morgan fingerprint density at radius 2 is 2.19 bits per heavy atom. The van der Waals surface area contributed by atoms with E-state index in [9.17, 15) is 13.2 Å². The molecule has 0 radical (unpaired) electrons. The highest BCUT2D eigenvalue weighted by Crippen LogP contribution is 2.23. The topological polar surface area (TPSA) is 92.6 Å². The van der Waals surface area contributed by atoms with Crippen LogP contribution in [0.15, 0.2) is 40.9 Å². The maximum atomic E-state index is 12.5. The summed E-state index contributed by atoms with van der Waals surface area (Å²) < 4.78 is 29.3. The van der Waals surface area contributed by atoms with Gasteiger partial charge >= 0.3 is 0 Å². The van der Waals surface area contributed by atoms with Gasteiger partial charge in [0.25, 0.3) is 5.91 Å². The van der Waals surface area contributed by atoms with Gasteiger partial charge in [-0.15, -0.1) is 11.3 Å². The molecule has 2 heterocycles. The Hall–Kier alpha value is -2.23. The van der Waals surface area contributed by atoms with Crippen LogP contribution in [0.3, 0.4) is 0 Å². The van der Waals surface area contributed by atoms with Crippen molar-refractivity contribution in [1.82, 2.24) is 19.4 Å². The number of benzene rings is 1. The number of aromatic nitrogens is 2. The molecule has 9 heteroatoms. The number of nitrogens with zero attached hydrogens (tertiary/aromatic N) is 2. The van der Waals surface area contributed by atoms with Gasteiger partial charge in [0.15, 0.2) is 4.96 Å². The summed E-state index contributed by atoms with van der Waals surface area (Å²) in [5.74, 6) is -0.317. The van der Waals surface area contributed by atoms with Crippen molar-refractivity contribution in [2.24, 2.45) is 0 Å². The summed E-state index contributed by atoms with van der Waals surface area (Å²) in [5.41, 5.74) is 1.82. The van der Waals surface area contributed by atoms with E-state index in [1.165, 1.54) is 23.5 Å². The second kappa shape index (κ2) is 6.49. The Balaban J connectivity index is 1.51. The quantitative estimate of drug-likeness (QED) is 0.674. The molecule has 2 N–H and O–H groups in total. The number of fused-ring (bicyclic) bond motifs is 1. The van der Waals surface area contributed by atoms with E-state index in [2.05, 4.69) is 15.0 Å². The molecule has 136 valence electrons. The number of carbonyl (C=O) groups is 1. The Bertz CT molecular complexity index is 1050. The fraction of sp³-hybridized carbons (Fsp3) is 0.294. The van der Waals surface area contributed by atoms with Crippen molar-refractivity contribution in [3.63, 3.8) is 0 Å². The molecule has 0 unspecified atom stereocenters. The van der Waals surface area contributed by atoms with Gasteiger partial charge in [0.2, 0.25) is 10.0 Å². The van der Waals surface area contributed by atoms with Gasteiger partial charge in [-0.2, -0.15) is 0 Å². The zero-order valence-electron chi connectivity index (χ0n) is 14.1. The van der Waals surface area contributed by atoms with Crippen molar-refractivity contribution in [1.29, 1.82) is 0 Å². The molecule has 0 atom stereocenters. The van der Waals surface area contributed by atoms with E-state index >= 15 is 0 Å². The van der Waals surface area contributed by atoms with Gasteiger partial charge in [-0.25, -0.2) is 18.1 Å². The van der Waals surface area contributed by atoms with Gasteiger partial charge < -0.3 is 5.32 Å². The Labute approximate surface area is 155 Å². The van der Waals surface area contributed by atoms with E-state index in [1.807, 2.05) is 22.2 Å². The van der Waals surface area contributed by atoms with Gasteiger partial charge in [0.1, 0.15) is 0 Å². The molecule has 1 amide bonds. The largest absolute Gasteiger partial charge is 0.346 e. The number of aryl methyl sites for hydroxylation is 1. The van der Waals surface area contributed by atoms with E-state index < -0.39 is 10.0 Å². The lowest BCUT2D eigenvalue weighted by Crippen LogP contribution is -2.27. The number of thiazole rings is 1. The second-order valence-corrected chi connectivity index (χ2v) is 8.97. The lowest BCUT2D eigenvalue weighted by molar-refractivity contribution is 0.0949. The van der Waals surface area contributed by atoms with Crippen LogP contribution < -0.4 is 10.0 Å². The number of carbonyl (C=O) groups excluding carboxylic acids is 1. The number of imidazole rings is 1. The van der Waals surface area contributed by atoms with Crippen LogP contribution in [0.25, 0.3) is 4.96 Å². The minimum absolute atomic E-state index is 0.0216. The third kappa shape index (κ3) is 3.50. The van der Waals surface area contributed by atoms with Crippen LogP contribution in [-0.2, 0) is 16.6 Å². The molecule has 1 fully saturated rings. The fourth-order valence-corrected chi connectivity index (χ4v) is 4.68. The molecule has 1 aliphatic rings. The molecule has 0 bridgehead atoms. The molecular weight excluding hydrogens is 372 g/mol. The number of nitrogens with one attached hydrogen (secondary N) is 2. The van der Waals surface area contributed by atoms with E-state index in [0.29, 0.717) is 5.56 Å². The highest BCUT2D eigenvalue weighted by molar-refractivity contribution is 7.89. The SMILES string of the molecule is Cc1ccc(S(=O)(=O)NC2CC2)cc1C(=O)NCc1cn2ccsc2n1. The molecule has 0 aliphatic heterocycles. The summed E-state index contributed by atoms with van der Waals surface area (Å²) in [6, 6.07) is 4.64. The summed E-state index contributed by atoms with van der Waals surface area (Å²) in [6.45, 7) is 2.07. The maximum absolute atomic E-state index is 12.5. The van der Waals surface area contributed by atoms with Crippen molar-refractivity contribution in [2.45, 2.75) is 37.2 Å². The first kappa shape index (κ1) is 17.2. The van der Waals surface area contributed by atoms with Crippen molar-refractivity contribution in [3.05, 3.63) is 52.8 Å². The van der Waals surface area contributed by atoms with Crippen molar-refractivity contribution < 1.29 is 13.2 Å². The lowest BCUT2D eigenvalue weighted by atomic mass is 10.1. The number of sulfonamides is 1. The number of hydrogen-bond donors (Lipinski definition) is 2. The van der Waals surface area contributed by atoms with Crippen LogP contribution in [0.1, 0.15) is 34.5 Å². The fourth-order valence-electron chi connectivity index (χ4n) is 2.63. The molecule has 7 nitrogen and oxygen atoms in total. The Kier molecular flexibility index (Phi) is 4.29. The van der Waals surface area contributed by atoms with Crippen LogP contribution in [0.4, 0.5) is 0 Å². The molecule has 0 saturated heterocycles. The number of hydrogen-bond acceptors (Lipinski definition) is 5. The van der Waals surface area contributed by atoms with Crippen molar-refractivity contribution in [2.75, 3.05) is 0 Å². The van der Waals surface area contributed by atoms with E-state index in [4.69, 9.17) is 0 Å². The third-order valence-corrected chi connectivity index (χ3v) is 6.53. The highest BCUT2D eigenvalue weighted by atomic mass is 32.2. The molecule has 0 spiro atoms. The zero-order valence-corrected chi connectivity index (χ0v) is 15.7. The molecule has 1 aromatic carbocycles. The van der Waals surface area contributed by atoms with Crippen LogP contribution in [0.5, 0.6) is 0 Å². The molecule has 4 rings (SSSR count). The van der Waals surface area contributed by atoms with Gasteiger partial charge in [0.05, 0.1) is 17.1 Å². The van der Waals surface area contributed by atoms with Gasteiger partial charge in [-0.05, 0) is 37.5 Å². The van der Waals surface area contributed by atoms with Gasteiger partial charge in [-0.3, -0.25) is 9.20 Å². The van der Waals surface area contributed by atoms with Gasteiger partial charge in [0, 0.05) is 29.4 Å². The first-order chi connectivity index (χ1) is 12.4. The minimum atomic E-state index is -3.59. The summed E-state index contributed by atoms with van der Waals surface area (Å²) in [5, 5.41) is 4.75. The van der Waals surface area contributed by atoms with E-state index in [-0.39, 0.29) is 23.4 Å². The normalized spacial score (nSPS) is 14.7. The molecule has 1 aliphatic carbocycles. The highest BCUT2D eigenvalue weighted by Gasteiger charge is 2.28. The maximum Gasteiger partial charge on any atom is 0.251 e.